The molecule has 2 saturated heterocycles. The lowest BCUT2D eigenvalue weighted by Gasteiger charge is -2.28. The maximum Gasteiger partial charge on any atom is 0.320 e. The van der Waals surface area contributed by atoms with E-state index in [2.05, 4.69) is 6.92 Å². The van der Waals surface area contributed by atoms with Crippen LogP contribution in [0.3, 0.4) is 0 Å². The van der Waals surface area contributed by atoms with Crippen molar-refractivity contribution in [1.82, 2.24) is 9.80 Å². The first-order chi connectivity index (χ1) is 8.61. The zero-order valence-electron chi connectivity index (χ0n) is 11.0. The summed E-state index contributed by atoms with van der Waals surface area (Å²) in [5.41, 5.74) is 0. The molecule has 1 N–H and O–H groups in total. The highest BCUT2D eigenvalue weighted by Crippen LogP contribution is 2.25. The van der Waals surface area contributed by atoms with Crippen LogP contribution in [0.15, 0.2) is 0 Å². The molecule has 0 aromatic carbocycles. The van der Waals surface area contributed by atoms with Crippen LogP contribution in [0.25, 0.3) is 0 Å². The molecule has 2 aliphatic heterocycles. The van der Waals surface area contributed by atoms with Crippen molar-refractivity contribution < 1.29 is 14.7 Å². The molecule has 5 nitrogen and oxygen atoms in total. The first-order valence-corrected chi connectivity index (χ1v) is 6.89. The minimum absolute atomic E-state index is 0.0506. The van der Waals surface area contributed by atoms with Crippen molar-refractivity contribution in [2.24, 2.45) is 5.92 Å². The fourth-order valence-electron chi connectivity index (χ4n) is 3.02. The number of carboxylic acids is 1. The van der Waals surface area contributed by atoms with Crippen LogP contribution in [-0.2, 0) is 4.79 Å². The van der Waals surface area contributed by atoms with Crippen LogP contribution in [0.5, 0.6) is 0 Å². The normalized spacial score (nSPS) is 27.8. The Morgan fingerprint density at radius 2 is 2.06 bits per heavy atom. The highest BCUT2D eigenvalue weighted by molar-refractivity contribution is 5.76. The molecule has 2 atom stereocenters. The third-order valence-electron chi connectivity index (χ3n) is 4.17. The molecular formula is C13H22N2O3. The SMILES string of the molecule is CCC1CCN(C(=O)N2CCCC2CC(=O)O)C1. The summed E-state index contributed by atoms with van der Waals surface area (Å²) in [5, 5.41) is 8.87. The maximum atomic E-state index is 12.4. The number of rotatable bonds is 3. The first-order valence-electron chi connectivity index (χ1n) is 6.89. The van der Waals surface area contributed by atoms with Gasteiger partial charge in [0.1, 0.15) is 0 Å². The maximum absolute atomic E-state index is 12.4. The van der Waals surface area contributed by atoms with Crippen molar-refractivity contribution in [1.29, 1.82) is 0 Å². The standard InChI is InChI=1S/C13H22N2O3/c1-2-10-5-7-14(9-10)13(18)15-6-3-4-11(15)8-12(16)17/h10-11H,2-9H2,1H3,(H,16,17). The summed E-state index contributed by atoms with van der Waals surface area (Å²) >= 11 is 0. The van der Waals surface area contributed by atoms with Crippen LogP contribution < -0.4 is 0 Å². The van der Waals surface area contributed by atoms with Gasteiger partial charge in [0, 0.05) is 25.7 Å². The molecule has 2 amide bonds. The minimum atomic E-state index is -0.812. The molecule has 0 aliphatic carbocycles. The molecule has 102 valence electrons. The molecule has 2 heterocycles. The number of hydrogen-bond donors (Lipinski definition) is 1. The lowest BCUT2D eigenvalue weighted by molar-refractivity contribution is -0.138. The minimum Gasteiger partial charge on any atom is -0.481 e. The van der Waals surface area contributed by atoms with Gasteiger partial charge in [-0.15, -0.1) is 0 Å². The van der Waals surface area contributed by atoms with Crippen molar-refractivity contribution in [3.63, 3.8) is 0 Å². The van der Waals surface area contributed by atoms with Crippen molar-refractivity contribution in [2.45, 2.75) is 45.1 Å². The predicted octanol–water partition coefficient (Wildman–Crippen LogP) is 1.78. The van der Waals surface area contributed by atoms with Crippen LogP contribution >= 0.6 is 0 Å². The van der Waals surface area contributed by atoms with Crippen LogP contribution in [0, 0.1) is 5.92 Å². The van der Waals surface area contributed by atoms with E-state index in [1.165, 1.54) is 0 Å². The zero-order valence-corrected chi connectivity index (χ0v) is 11.0. The van der Waals surface area contributed by atoms with Gasteiger partial charge in [-0.2, -0.15) is 0 Å². The number of hydrogen-bond acceptors (Lipinski definition) is 2. The second kappa shape index (κ2) is 5.59. The Morgan fingerprint density at radius 3 is 2.67 bits per heavy atom. The van der Waals surface area contributed by atoms with Gasteiger partial charge in [0.25, 0.3) is 0 Å². The number of aliphatic carboxylic acids is 1. The predicted molar refractivity (Wildman–Crippen MR) is 67.3 cm³/mol. The lowest BCUT2D eigenvalue weighted by atomic mass is 10.1. The summed E-state index contributed by atoms with van der Waals surface area (Å²) in [4.78, 5) is 26.8. The molecule has 2 fully saturated rings. The van der Waals surface area contributed by atoms with E-state index in [0.29, 0.717) is 12.5 Å². The van der Waals surface area contributed by atoms with E-state index in [1.807, 2.05) is 4.90 Å². The Kier molecular flexibility index (Phi) is 4.09. The van der Waals surface area contributed by atoms with Crippen LogP contribution in [0.2, 0.25) is 0 Å². The number of urea groups is 1. The second-order valence-electron chi connectivity index (χ2n) is 5.38. The molecule has 5 heteroatoms. The average molecular weight is 254 g/mol. The molecular weight excluding hydrogens is 232 g/mol. The van der Waals surface area contributed by atoms with Gasteiger partial charge in [0.2, 0.25) is 0 Å². The van der Waals surface area contributed by atoms with E-state index in [9.17, 15) is 9.59 Å². The summed E-state index contributed by atoms with van der Waals surface area (Å²) < 4.78 is 0. The Hall–Kier alpha value is -1.26. The summed E-state index contributed by atoms with van der Waals surface area (Å²) in [5.74, 6) is -0.193. The third-order valence-corrected chi connectivity index (χ3v) is 4.17. The van der Waals surface area contributed by atoms with Crippen molar-refractivity contribution >= 4 is 12.0 Å². The smallest absolute Gasteiger partial charge is 0.320 e. The Bertz CT molecular complexity index is 332. The summed E-state index contributed by atoms with van der Waals surface area (Å²) in [6.45, 7) is 4.53. The topological polar surface area (TPSA) is 60.9 Å². The van der Waals surface area contributed by atoms with Crippen LogP contribution in [0.1, 0.15) is 39.0 Å². The van der Waals surface area contributed by atoms with Crippen LogP contribution in [-0.4, -0.2) is 52.6 Å². The Balaban J connectivity index is 1.93. The molecule has 0 bridgehead atoms. The van der Waals surface area contributed by atoms with E-state index in [1.54, 1.807) is 4.90 Å². The van der Waals surface area contributed by atoms with E-state index in [0.717, 1.165) is 38.8 Å². The summed E-state index contributed by atoms with van der Waals surface area (Å²) in [6.07, 6.45) is 4.02. The van der Waals surface area contributed by atoms with Crippen molar-refractivity contribution in [3.05, 3.63) is 0 Å². The molecule has 2 unspecified atom stereocenters. The van der Waals surface area contributed by atoms with Gasteiger partial charge < -0.3 is 14.9 Å². The van der Waals surface area contributed by atoms with E-state index < -0.39 is 5.97 Å². The number of amides is 2. The average Bonchev–Trinajstić information content (AvgIpc) is 2.95. The molecule has 0 radical (unpaired) electrons. The number of nitrogens with zero attached hydrogens (tertiary/aromatic N) is 2. The fourth-order valence-corrected chi connectivity index (χ4v) is 3.02. The molecule has 0 saturated carbocycles. The molecule has 2 rings (SSSR count). The summed E-state index contributed by atoms with van der Waals surface area (Å²) in [7, 11) is 0. The van der Waals surface area contributed by atoms with Gasteiger partial charge in [-0.25, -0.2) is 4.79 Å². The highest BCUT2D eigenvalue weighted by atomic mass is 16.4. The van der Waals surface area contributed by atoms with Gasteiger partial charge >= 0.3 is 12.0 Å². The van der Waals surface area contributed by atoms with E-state index in [-0.39, 0.29) is 18.5 Å². The second-order valence-corrected chi connectivity index (χ2v) is 5.38. The first kappa shape index (κ1) is 13.2. The van der Waals surface area contributed by atoms with E-state index in [4.69, 9.17) is 5.11 Å². The Morgan fingerprint density at radius 1 is 1.28 bits per heavy atom. The third kappa shape index (κ3) is 2.76. The van der Waals surface area contributed by atoms with Gasteiger partial charge in [-0.1, -0.05) is 13.3 Å². The van der Waals surface area contributed by atoms with Gasteiger partial charge in [0.15, 0.2) is 0 Å². The molecule has 0 aromatic heterocycles. The largest absolute Gasteiger partial charge is 0.481 e. The molecule has 0 aromatic rings. The number of likely N-dealkylation sites (tertiary alicyclic amines) is 2. The Labute approximate surface area is 108 Å². The van der Waals surface area contributed by atoms with Gasteiger partial charge in [0.05, 0.1) is 6.42 Å². The van der Waals surface area contributed by atoms with E-state index >= 15 is 0 Å². The molecule has 0 spiro atoms. The van der Waals surface area contributed by atoms with Crippen molar-refractivity contribution in [3.8, 4) is 0 Å². The number of carboxylic acid groups (broad SMARTS) is 1. The quantitative estimate of drug-likeness (QED) is 0.835. The zero-order chi connectivity index (χ0) is 13.1. The fraction of sp³-hybridized carbons (Fsp3) is 0.846. The lowest BCUT2D eigenvalue weighted by Crippen LogP contribution is -2.45. The summed E-state index contributed by atoms with van der Waals surface area (Å²) in [6, 6.07) is -0.0506. The molecule has 2 aliphatic rings. The number of carbonyl (C=O) groups is 2. The van der Waals surface area contributed by atoms with Gasteiger partial charge in [-0.3, -0.25) is 4.79 Å². The van der Waals surface area contributed by atoms with Crippen LogP contribution in [0.4, 0.5) is 4.79 Å². The highest BCUT2D eigenvalue weighted by Gasteiger charge is 2.35. The number of carbonyl (C=O) groups excluding carboxylic acids is 1. The monoisotopic (exact) mass is 254 g/mol. The van der Waals surface area contributed by atoms with Gasteiger partial charge in [-0.05, 0) is 25.2 Å². The molecule has 18 heavy (non-hydrogen) atoms. The van der Waals surface area contributed by atoms with Crippen molar-refractivity contribution in [2.75, 3.05) is 19.6 Å².